The summed E-state index contributed by atoms with van der Waals surface area (Å²) in [6.07, 6.45) is 3.60. The van der Waals surface area contributed by atoms with E-state index >= 15 is 0 Å². The number of hydrogen-bond acceptors (Lipinski definition) is 4. The standard InChI is InChI=1S/C14H15ClN4S/c1-9(15)11-18-10-5-4-6-16-12(10)19(11)14(2,3)13-17-7-8-20-13/h4-9H,1-3H3. The first-order chi connectivity index (χ1) is 9.51. The molecular formula is C14H15ClN4S. The molecule has 0 bridgehead atoms. The average molecular weight is 307 g/mol. The molecule has 1 unspecified atom stereocenters. The lowest BCUT2D eigenvalue weighted by Gasteiger charge is -2.27. The molecule has 0 amide bonds. The molecule has 1 atom stereocenters. The quantitative estimate of drug-likeness (QED) is 0.688. The minimum Gasteiger partial charge on any atom is -0.299 e. The number of hydrogen-bond donors (Lipinski definition) is 0. The van der Waals surface area contributed by atoms with E-state index < -0.39 is 0 Å². The Labute approximate surface area is 126 Å². The van der Waals surface area contributed by atoms with E-state index in [2.05, 4.69) is 33.4 Å². The number of alkyl halides is 1. The highest BCUT2D eigenvalue weighted by Crippen LogP contribution is 2.34. The predicted octanol–water partition coefficient (Wildman–Crippen LogP) is 3.97. The van der Waals surface area contributed by atoms with Crippen molar-refractivity contribution in [3.63, 3.8) is 0 Å². The van der Waals surface area contributed by atoms with E-state index in [1.807, 2.05) is 30.6 Å². The zero-order valence-electron chi connectivity index (χ0n) is 11.5. The third-order valence-corrected chi connectivity index (χ3v) is 4.59. The summed E-state index contributed by atoms with van der Waals surface area (Å²) in [7, 11) is 0. The number of nitrogens with zero attached hydrogens (tertiary/aromatic N) is 4. The van der Waals surface area contributed by atoms with Gasteiger partial charge in [0.1, 0.15) is 16.3 Å². The summed E-state index contributed by atoms with van der Waals surface area (Å²) in [5, 5.41) is 2.80. The summed E-state index contributed by atoms with van der Waals surface area (Å²) in [6, 6.07) is 3.85. The van der Waals surface area contributed by atoms with Crippen molar-refractivity contribution in [3.05, 3.63) is 40.7 Å². The van der Waals surface area contributed by atoms with Gasteiger partial charge in [-0.3, -0.25) is 4.57 Å². The van der Waals surface area contributed by atoms with Gasteiger partial charge in [-0.2, -0.15) is 0 Å². The molecule has 20 heavy (non-hydrogen) atoms. The lowest BCUT2D eigenvalue weighted by Crippen LogP contribution is -2.29. The molecule has 0 aliphatic heterocycles. The van der Waals surface area contributed by atoms with Crippen molar-refractivity contribution in [2.24, 2.45) is 0 Å². The zero-order valence-corrected chi connectivity index (χ0v) is 13.1. The summed E-state index contributed by atoms with van der Waals surface area (Å²) >= 11 is 7.95. The molecule has 104 valence electrons. The van der Waals surface area contributed by atoms with Crippen molar-refractivity contribution in [1.82, 2.24) is 19.5 Å². The number of rotatable bonds is 3. The molecule has 0 spiro atoms. The van der Waals surface area contributed by atoms with E-state index in [4.69, 9.17) is 11.6 Å². The lowest BCUT2D eigenvalue weighted by atomic mass is 10.1. The molecule has 0 saturated carbocycles. The fourth-order valence-electron chi connectivity index (χ4n) is 2.37. The predicted molar refractivity (Wildman–Crippen MR) is 82.3 cm³/mol. The van der Waals surface area contributed by atoms with Crippen LogP contribution in [0.2, 0.25) is 0 Å². The van der Waals surface area contributed by atoms with Crippen molar-refractivity contribution >= 4 is 34.1 Å². The topological polar surface area (TPSA) is 43.6 Å². The Kier molecular flexibility index (Phi) is 3.26. The maximum absolute atomic E-state index is 6.32. The van der Waals surface area contributed by atoms with Gasteiger partial charge in [0.2, 0.25) is 0 Å². The minimum atomic E-state index is -0.338. The van der Waals surface area contributed by atoms with Crippen LogP contribution in [0.1, 0.15) is 37.0 Å². The molecule has 0 fully saturated rings. The highest BCUT2D eigenvalue weighted by molar-refractivity contribution is 7.09. The van der Waals surface area contributed by atoms with Gasteiger partial charge in [0.25, 0.3) is 0 Å². The third kappa shape index (κ3) is 2.01. The van der Waals surface area contributed by atoms with Crippen molar-refractivity contribution in [3.8, 4) is 0 Å². The van der Waals surface area contributed by atoms with E-state index in [1.54, 1.807) is 17.5 Å². The van der Waals surface area contributed by atoms with Crippen LogP contribution in [0, 0.1) is 0 Å². The van der Waals surface area contributed by atoms with Crippen LogP contribution in [0.4, 0.5) is 0 Å². The molecular weight excluding hydrogens is 292 g/mol. The van der Waals surface area contributed by atoms with Crippen LogP contribution in [0.3, 0.4) is 0 Å². The van der Waals surface area contributed by atoms with Gasteiger partial charge < -0.3 is 0 Å². The number of fused-ring (bicyclic) bond motifs is 1. The second-order valence-electron chi connectivity index (χ2n) is 5.16. The average Bonchev–Trinajstić information content (AvgIpc) is 3.06. The molecule has 0 saturated heterocycles. The first-order valence-electron chi connectivity index (χ1n) is 6.39. The third-order valence-electron chi connectivity index (χ3n) is 3.31. The molecule has 0 aliphatic carbocycles. The van der Waals surface area contributed by atoms with E-state index in [-0.39, 0.29) is 10.9 Å². The molecule has 0 N–H and O–H groups in total. The monoisotopic (exact) mass is 306 g/mol. The van der Waals surface area contributed by atoms with Crippen molar-refractivity contribution in [2.45, 2.75) is 31.7 Å². The van der Waals surface area contributed by atoms with Crippen molar-refractivity contribution in [1.29, 1.82) is 0 Å². The van der Waals surface area contributed by atoms with Crippen LogP contribution in [0.15, 0.2) is 29.9 Å². The second-order valence-corrected chi connectivity index (χ2v) is 6.71. The van der Waals surface area contributed by atoms with Crippen LogP contribution < -0.4 is 0 Å². The first kappa shape index (κ1) is 13.5. The maximum atomic E-state index is 6.32. The van der Waals surface area contributed by atoms with Gasteiger partial charge in [0, 0.05) is 17.8 Å². The maximum Gasteiger partial charge on any atom is 0.160 e. The van der Waals surface area contributed by atoms with Crippen LogP contribution in [-0.2, 0) is 5.54 Å². The molecule has 3 heterocycles. The van der Waals surface area contributed by atoms with Gasteiger partial charge in [-0.15, -0.1) is 22.9 Å². The largest absolute Gasteiger partial charge is 0.299 e. The van der Waals surface area contributed by atoms with Crippen molar-refractivity contribution < 1.29 is 0 Å². The molecule has 6 heteroatoms. The summed E-state index contributed by atoms with van der Waals surface area (Å²) < 4.78 is 2.10. The number of pyridine rings is 1. The van der Waals surface area contributed by atoms with Gasteiger partial charge in [-0.25, -0.2) is 15.0 Å². The zero-order chi connectivity index (χ0) is 14.3. The van der Waals surface area contributed by atoms with Crippen LogP contribution in [0.5, 0.6) is 0 Å². The van der Waals surface area contributed by atoms with Crippen LogP contribution in [-0.4, -0.2) is 19.5 Å². The Balaban J connectivity index is 2.31. The summed E-state index contributed by atoms with van der Waals surface area (Å²) in [5.74, 6) is 0.820. The van der Waals surface area contributed by atoms with Gasteiger partial charge in [-0.05, 0) is 32.9 Å². The lowest BCUT2D eigenvalue weighted by molar-refractivity contribution is 0.427. The van der Waals surface area contributed by atoms with E-state index in [0.29, 0.717) is 0 Å². The van der Waals surface area contributed by atoms with Gasteiger partial charge >= 0.3 is 0 Å². The Morgan fingerprint density at radius 3 is 2.75 bits per heavy atom. The fourth-order valence-corrected chi connectivity index (χ4v) is 3.27. The van der Waals surface area contributed by atoms with E-state index in [9.17, 15) is 0 Å². The van der Waals surface area contributed by atoms with Crippen LogP contribution >= 0.6 is 22.9 Å². The Morgan fingerprint density at radius 1 is 1.30 bits per heavy atom. The number of imidazole rings is 1. The Bertz CT molecular complexity index is 731. The SMILES string of the molecule is CC(Cl)c1nc2cccnc2n1C(C)(C)c1nccs1. The molecule has 0 aromatic carbocycles. The number of aromatic nitrogens is 4. The van der Waals surface area contributed by atoms with Gasteiger partial charge in [-0.1, -0.05) is 0 Å². The molecule has 3 aromatic rings. The Morgan fingerprint density at radius 2 is 2.10 bits per heavy atom. The molecule has 3 aromatic heterocycles. The van der Waals surface area contributed by atoms with Crippen molar-refractivity contribution in [2.75, 3.05) is 0 Å². The second kappa shape index (κ2) is 4.82. The van der Waals surface area contributed by atoms with E-state index in [1.165, 1.54) is 0 Å². The highest BCUT2D eigenvalue weighted by atomic mass is 35.5. The fraction of sp³-hybridized carbons (Fsp3) is 0.357. The highest BCUT2D eigenvalue weighted by Gasteiger charge is 2.32. The number of halogens is 1. The molecule has 3 rings (SSSR count). The minimum absolute atomic E-state index is 0.191. The molecule has 0 aliphatic rings. The summed E-state index contributed by atoms with van der Waals surface area (Å²) in [5.41, 5.74) is 1.37. The molecule has 4 nitrogen and oxygen atoms in total. The number of thiazole rings is 1. The smallest absolute Gasteiger partial charge is 0.160 e. The normalized spacial score (nSPS) is 13.8. The first-order valence-corrected chi connectivity index (χ1v) is 7.71. The Hall–Kier alpha value is -1.46. The van der Waals surface area contributed by atoms with Crippen LogP contribution in [0.25, 0.3) is 11.2 Å². The summed E-state index contributed by atoms with van der Waals surface area (Å²) in [4.78, 5) is 13.6. The van der Waals surface area contributed by atoms with E-state index in [0.717, 1.165) is 22.0 Å². The molecule has 0 radical (unpaired) electrons. The summed E-state index contributed by atoms with van der Waals surface area (Å²) in [6.45, 7) is 6.16. The van der Waals surface area contributed by atoms with Gasteiger partial charge in [0.15, 0.2) is 5.65 Å². The van der Waals surface area contributed by atoms with Gasteiger partial charge in [0.05, 0.1) is 10.9 Å².